The number of ether oxygens (including phenoxy) is 2. The number of rotatable bonds is 12. The van der Waals surface area contributed by atoms with Crippen molar-refractivity contribution in [3.05, 3.63) is 42.4 Å². The van der Waals surface area contributed by atoms with Gasteiger partial charge in [0.2, 0.25) is 17.7 Å². The number of unbranched alkanes of at least 4 members (excludes halogenated alkanes) is 2. The summed E-state index contributed by atoms with van der Waals surface area (Å²) in [4.78, 5) is 47.8. The van der Waals surface area contributed by atoms with Crippen LogP contribution >= 0.6 is 0 Å². The molecule has 0 saturated carbocycles. The molecule has 1 aromatic carbocycles. The number of aromatic nitrogens is 2. The molecule has 3 heterocycles. The first-order valence-electron chi connectivity index (χ1n) is 14.3. The molecule has 0 spiro atoms. The van der Waals surface area contributed by atoms with E-state index in [1.54, 1.807) is 13.3 Å². The lowest BCUT2D eigenvalue weighted by Crippen LogP contribution is -2.56. The van der Waals surface area contributed by atoms with Gasteiger partial charge >= 0.3 is 6.09 Å². The van der Waals surface area contributed by atoms with Gasteiger partial charge in [-0.05, 0) is 45.7 Å². The third-order valence-corrected chi connectivity index (χ3v) is 7.03. The van der Waals surface area contributed by atoms with Crippen LogP contribution in [0.3, 0.4) is 0 Å². The predicted octanol–water partition coefficient (Wildman–Crippen LogP) is 5.85. The third-order valence-electron chi connectivity index (χ3n) is 7.03. The van der Waals surface area contributed by atoms with Crippen molar-refractivity contribution in [3.63, 3.8) is 0 Å². The molecule has 4 rings (SSSR count). The molecule has 0 radical (unpaired) electrons. The summed E-state index contributed by atoms with van der Waals surface area (Å²) in [5.74, 6) is 1.04. The van der Waals surface area contributed by atoms with Crippen LogP contribution in [0.25, 0.3) is 22.2 Å². The van der Waals surface area contributed by atoms with Crippen LogP contribution in [0.4, 0.5) is 4.79 Å². The highest BCUT2D eigenvalue weighted by Crippen LogP contribution is 2.34. The number of methoxy groups -OCH3 is 1. The Morgan fingerprint density at radius 1 is 1.15 bits per heavy atom. The van der Waals surface area contributed by atoms with Crippen LogP contribution in [0, 0.1) is 5.92 Å². The minimum Gasteiger partial charge on any atom is -0.480 e. The quantitative estimate of drug-likeness (QED) is 0.272. The van der Waals surface area contributed by atoms with Gasteiger partial charge in [-0.15, -0.1) is 0 Å². The second-order valence-corrected chi connectivity index (χ2v) is 11.4. The lowest BCUT2D eigenvalue weighted by atomic mass is 9.98. The van der Waals surface area contributed by atoms with Crippen LogP contribution in [0.2, 0.25) is 0 Å². The summed E-state index contributed by atoms with van der Waals surface area (Å²) in [6.07, 6.45) is 5.35. The first kappa shape index (κ1) is 30.0. The lowest BCUT2D eigenvalue weighted by Gasteiger charge is -2.39. The van der Waals surface area contributed by atoms with Crippen LogP contribution in [0.5, 0.6) is 5.88 Å². The lowest BCUT2D eigenvalue weighted by molar-refractivity contribution is -0.130. The van der Waals surface area contributed by atoms with E-state index in [-0.39, 0.29) is 17.6 Å². The van der Waals surface area contributed by atoms with E-state index >= 15 is 0 Å². The third kappa shape index (κ3) is 7.83. The van der Waals surface area contributed by atoms with Crippen molar-refractivity contribution in [1.29, 1.82) is 0 Å². The number of fused-ring (bicyclic) bond motifs is 1. The van der Waals surface area contributed by atoms with E-state index < -0.39 is 17.7 Å². The summed E-state index contributed by atoms with van der Waals surface area (Å²) in [5, 5.41) is 4.03. The number of Topliss-reactive ketones (excluding diaryl/α,β-unsaturated/α-hetero) is 1. The minimum atomic E-state index is -0.594. The zero-order valence-corrected chi connectivity index (χ0v) is 24.6. The van der Waals surface area contributed by atoms with E-state index in [2.05, 4.69) is 15.3 Å². The largest absolute Gasteiger partial charge is 0.480 e. The van der Waals surface area contributed by atoms with Gasteiger partial charge < -0.3 is 24.1 Å². The number of likely N-dealkylation sites (tertiary alicyclic amines) is 1. The van der Waals surface area contributed by atoms with Crippen LogP contribution in [-0.4, -0.2) is 58.5 Å². The van der Waals surface area contributed by atoms with Gasteiger partial charge in [-0.1, -0.05) is 38.0 Å². The molecule has 2 aromatic heterocycles. The fraction of sp³-hybridized carbons (Fsp3) is 0.516. The summed E-state index contributed by atoms with van der Waals surface area (Å²) in [6.45, 7) is 7.90. The van der Waals surface area contributed by atoms with Crippen molar-refractivity contribution in [2.24, 2.45) is 5.92 Å². The Morgan fingerprint density at radius 2 is 1.90 bits per heavy atom. The molecule has 1 aliphatic heterocycles. The number of pyridine rings is 1. The highest BCUT2D eigenvalue weighted by atomic mass is 16.6. The molecule has 1 unspecified atom stereocenters. The van der Waals surface area contributed by atoms with E-state index in [0.29, 0.717) is 55.4 Å². The number of nitrogens with zero attached hydrogens (tertiary/aromatic N) is 3. The van der Waals surface area contributed by atoms with Gasteiger partial charge in [0, 0.05) is 31.3 Å². The Labute approximate surface area is 240 Å². The number of hydrogen-bond donors (Lipinski definition) is 1. The van der Waals surface area contributed by atoms with E-state index in [1.807, 2.05) is 58.0 Å². The second-order valence-electron chi connectivity index (χ2n) is 11.4. The van der Waals surface area contributed by atoms with Gasteiger partial charge in [0.05, 0.1) is 30.3 Å². The van der Waals surface area contributed by atoms with Gasteiger partial charge in [-0.2, -0.15) is 0 Å². The fourth-order valence-electron chi connectivity index (χ4n) is 4.69. The Balaban J connectivity index is 1.47. The maximum absolute atomic E-state index is 13.2. The van der Waals surface area contributed by atoms with Crippen molar-refractivity contribution in [1.82, 2.24) is 20.2 Å². The van der Waals surface area contributed by atoms with Crippen LogP contribution < -0.4 is 10.1 Å². The number of hydrogen-bond acceptors (Lipinski definition) is 8. The monoisotopic (exact) mass is 564 g/mol. The average molecular weight is 565 g/mol. The average Bonchev–Trinajstić information content (AvgIpc) is 3.39. The Kier molecular flexibility index (Phi) is 9.62. The molecule has 0 aliphatic carbocycles. The van der Waals surface area contributed by atoms with Crippen LogP contribution in [0.1, 0.15) is 78.2 Å². The molecule has 2 amide bonds. The number of para-hydroxylation sites is 1. The number of carbonyl (C=O) groups excluding carboxylic acids is 3. The molecule has 1 atom stereocenters. The topological polar surface area (TPSA) is 124 Å². The summed E-state index contributed by atoms with van der Waals surface area (Å²) < 4.78 is 17.1. The van der Waals surface area contributed by atoms with Crippen molar-refractivity contribution >= 4 is 28.7 Å². The van der Waals surface area contributed by atoms with Crippen molar-refractivity contribution < 1.29 is 28.3 Å². The smallest absolute Gasteiger partial charge is 0.410 e. The van der Waals surface area contributed by atoms with E-state index in [9.17, 15) is 14.4 Å². The molecular weight excluding hydrogens is 524 g/mol. The number of carbonyl (C=O) groups is 3. The van der Waals surface area contributed by atoms with Gasteiger partial charge in [0.25, 0.3) is 0 Å². The molecular formula is C31H40N4O6. The standard InChI is InChI=1S/C31H40N4O6/c1-6-22(36)13-8-7-9-15-25(33-27(37)21-18-35(19-21)30(38)41-31(2,3)4)29-32-17-26(40-29)23-16-20-12-10-11-14-24(20)34-28(23)39-5/h10-12,14,16-17,21,25H,6-9,13,15,18-19H2,1-5H3,(H,33,37). The van der Waals surface area contributed by atoms with E-state index in [4.69, 9.17) is 13.9 Å². The molecule has 1 fully saturated rings. The predicted molar refractivity (Wildman–Crippen MR) is 154 cm³/mol. The molecule has 41 heavy (non-hydrogen) atoms. The van der Waals surface area contributed by atoms with Gasteiger partial charge in [-0.3, -0.25) is 9.59 Å². The summed E-state index contributed by atoms with van der Waals surface area (Å²) in [7, 11) is 1.56. The van der Waals surface area contributed by atoms with Crippen molar-refractivity contribution in [2.45, 2.75) is 77.9 Å². The molecule has 0 bridgehead atoms. The summed E-state index contributed by atoms with van der Waals surface area (Å²) >= 11 is 0. The van der Waals surface area contributed by atoms with Gasteiger partial charge in [0.15, 0.2) is 5.76 Å². The van der Waals surface area contributed by atoms with Crippen molar-refractivity contribution in [2.75, 3.05) is 20.2 Å². The minimum absolute atomic E-state index is 0.166. The highest BCUT2D eigenvalue weighted by Gasteiger charge is 2.39. The first-order chi connectivity index (χ1) is 19.6. The van der Waals surface area contributed by atoms with Crippen LogP contribution in [-0.2, 0) is 14.3 Å². The zero-order valence-electron chi connectivity index (χ0n) is 24.6. The van der Waals surface area contributed by atoms with Crippen molar-refractivity contribution in [3.8, 4) is 17.2 Å². The molecule has 10 heteroatoms. The Morgan fingerprint density at radius 3 is 2.61 bits per heavy atom. The molecule has 1 N–H and O–H groups in total. The number of nitrogens with one attached hydrogen (secondary N) is 1. The van der Waals surface area contributed by atoms with Crippen LogP contribution in [0.15, 0.2) is 40.9 Å². The molecule has 10 nitrogen and oxygen atoms in total. The highest BCUT2D eigenvalue weighted by molar-refractivity contribution is 5.85. The van der Waals surface area contributed by atoms with Gasteiger partial charge in [0.1, 0.15) is 17.4 Å². The van der Waals surface area contributed by atoms with Gasteiger partial charge in [-0.25, -0.2) is 14.8 Å². The number of amides is 2. The summed E-state index contributed by atoms with van der Waals surface area (Å²) in [6, 6.07) is 9.22. The number of ketones is 1. The first-order valence-corrected chi connectivity index (χ1v) is 14.3. The molecule has 220 valence electrons. The second kappa shape index (κ2) is 13.1. The number of benzene rings is 1. The fourth-order valence-corrected chi connectivity index (χ4v) is 4.69. The Hall–Kier alpha value is -3.95. The van der Waals surface area contributed by atoms with E-state index in [0.717, 1.165) is 30.2 Å². The summed E-state index contributed by atoms with van der Waals surface area (Å²) in [5.41, 5.74) is 0.879. The molecule has 3 aromatic rings. The maximum Gasteiger partial charge on any atom is 0.410 e. The SMILES string of the molecule is CCC(=O)CCCCCC(NC(=O)C1CN(C(=O)OC(C)(C)C)C1)c1ncc(-c2cc3ccccc3nc2OC)o1. The normalized spacial score (nSPS) is 14.4. The van der Waals surface area contributed by atoms with E-state index in [1.165, 1.54) is 4.90 Å². The maximum atomic E-state index is 13.2. The Bertz CT molecular complexity index is 1370. The zero-order chi connectivity index (χ0) is 29.6. The number of oxazole rings is 1. The molecule has 1 aliphatic rings. The molecule has 1 saturated heterocycles.